The number of halogens is 1. The number of esters is 1. The van der Waals surface area contributed by atoms with Gasteiger partial charge in [0, 0.05) is 34.3 Å². The van der Waals surface area contributed by atoms with E-state index in [4.69, 9.17) is 25.8 Å². The minimum Gasteiger partial charge on any atom is -0.493 e. The van der Waals surface area contributed by atoms with Crippen molar-refractivity contribution in [2.45, 2.75) is 38.5 Å². The molecule has 0 bridgehead atoms. The van der Waals surface area contributed by atoms with Crippen LogP contribution in [0.15, 0.2) is 65.0 Å². The predicted molar refractivity (Wildman–Crippen MR) is 130 cm³/mol. The average Bonchev–Trinajstić information content (AvgIpc) is 2.83. The van der Waals surface area contributed by atoms with Gasteiger partial charge in [0.2, 0.25) is 0 Å². The highest BCUT2D eigenvalue weighted by molar-refractivity contribution is 6.30. The number of allylic oxidation sites excluding steroid dienone is 3. The zero-order valence-electron chi connectivity index (χ0n) is 19.7. The fourth-order valence-electron chi connectivity index (χ4n) is 4.85. The van der Waals surface area contributed by atoms with E-state index in [2.05, 4.69) is 5.32 Å². The van der Waals surface area contributed by atoms with Gasteiger partial charge in [-0.15, -0.1) is 0 Å². The second kappa shape index (κ2) is 9.94. The molecule has 1 heterocycles. The molecule has 2 aliphatic rings. The molecular formula is C27H28ClNO5. The summed E-state index contributed by atoms with van der Waals surface area (Å²) in [4.78, 5) is 26.7. The maximum absolute atomic E-state index is 13.6. The van der Waals surface area contributed by atoms with Crippen molar-refractivity contribution in [1.82, 2.24) is 5.32 Å². The Hall–Kier alpha value is -3.25. The topological polar surface area (TPSA) is 73.9 Å². The molecule has 1 aliphatic heterocycles. The van der Waals surface area contributed by atoms with Crippen LogP contribution in [-0.4, -0.2) is 32.6 Å². The van der Waals surface area contributed by atoms with Gasteiger partial charge < -0.3 is 19.5 Å². The molecule has 1 aliphatic carbocycles. The summed E-state index contributed by atoms with van der Waals surface area (Å²) in [5.74, 6) is 0.136. The molecule has 2 aromatic carbocycles. The predicted octanol–water partition coefficient (Wildman–Crippen LogP) is 5.28. The molecular weight excluding hydrogens is 454 g/mol. The van der Waals surface area contributed by atoms with Gasteiger partial charge in [-0.25, -0.2) is 4.79 Å². The number of ketones is 1. The largest absolute Gasteiger partial charge is 0.493 e. The van der Waals surface area contributed by atoms with Crippen molar-refractivity contribution in [3.05, 3.63) is 81.2 Å². The first kappa shape index (κ1) is 23.9. The molecule has 0 saturated carbocycles. The number of methoxy groups -OCH3 is 2. The Labute approximate surface area is 204 Å². The lowest BCUT2D eigenvalue weighted by atomic mass is 9.71. The van der Waals surface area contributed by atoms with Crippen molar-refractivity contribution in [2.75, 3.05) is 20.8 Å². The van der Waals surface area contributed by atoms with E-state index in [1.165, 1.54) is 0 Å². The number of benzene rings is 2. The Morgan fingerprint density at radius 1 is 1.03 bits per heavy atom. The van der Waals surface area contributed by atoms with Gasteiger partial charge in [-0.05, 0) is 61.6 Å². The highest BCUT2D eigenvalue weighted by Crippen LogP contribution is 2.47. The third-order valence-electron chi connectivity index (χ3n) is 6.41. The maximum atomic E-state index is 13.6. The fraction of sp³-hybridized carbons (Fsp3) is 0.333. The van der Waals surface area contributed by atoms with Crippen molar-refractivity contribution in [3.8, 4) is 11.5 Å². The Bertz CT molecular complexity index is 1180. The summed E-state index contributed by atoms with van der Waals surface area (Å²) in [5.41, 5.74) is 4.39. The third-order valence-corrected chi connectivity index (χ3v) is 6.66. The van der Waals surface area contributed by atoms with Crippen molar-refractivity contribution < 1.29 is 23.8 Å². The molecule has 34 heavy (non-hydrogen) atoms. The van der Waals surface area contributed by atoms with Crippen LogP contribution < -0.4 is 14.8 Å². The molecule has 178 valence electrons. The van der Waals surface area contributed by atoms with Crippen molar-refractivity contribution >= 4 is 23.4 Å². The van der Waals surface area contributed by atoms with E-state index >= 15 is 0 Å². The zero-order chi connectivity index (χ0) is 24.4. The Morgan fingerprint density at radius 3 is 2.35 bits per heavy atom. The van der Waals surface area contributed by atoms with Crippen LogP contribution in [0.3, 0.4) is 0 Å². The molecule has 0 radical (unpaired) electrons. The normalized spacial score (nSPS) is 20.0. The van der Waals surface area contributed by atoms with Gasteiger partial charge in [0.05, 0.1) is 26.4 Å². The summed E-state index contributed by atoms with van der Waals surface area (Å²) in [6.07, 6.45) is 1.00. The second-order valence-electron chi connectivity index (χ2n) is 8.40. The molecule has 2 atom stereocenters. The summed E-state index contributed by atoms with van der Waals surface area (Å²) in [5, 5.41) is 4.02. The molecule has 7 heteroatoms. The van der Waals surface area contributed by atoms with E-state index in [0.717, 1.165) is 16.8 Å². The van der Waals surface area contributed by atoms with E-state index in [-0.39, 0.29) is 18.3 Å². The van der Waals surface area contributed by atoms with Crippen LogP contribution >= 0.6 is 11.6 Å². The van der Waals surface area contributed by atoms with Gasteiger partial charge in [-0.2, -0.15) is 0 Å². The number of carbonyl (C=O) groups excluding carboxylic acids is 2. The van der Waals surface area contributed by atoms with E-state index in [1.54, 1.807) is 27.2 Å². The quantitative estimate of drug-likeness (QED) is 0.566. The van der Waals surface area contributed by atoms with Gasteiger partial charge in [0.1, 0.15) is 0 Å². The SMILES string of the molecule is CCOC(=O)C1=C(C)NC2=C(C(=O)C[C@H](c3ccc(Cl)cc3)C2)[C@@H]1c1ccc(OC)c(OC)c1. The van der Waals surface area contributed by atoms with E-state index in [1.807, 2.05) is 43.3 Å². The molecule has 1 N–H and O–H groups in total. The third kappa shape index (κ3) is 4.42. The number of nitrogens with one attached hydrogen (secondary N) is 1. The first-order valence-electron chi connectivity index (χ1n) is 11.3. The van der Waals surface area contributed by atoms with Gasteiger partial charge in [-0.3, -0.25) is 4.79 Å². The van der Waals surface area contributed by atoms with Crippen molar-refractivity contribution in [2.24, 2.45) is 0 Å². The fourth-order valence-corrected chi connectivity index (χ4v) is 4.98. The van der Waals surface area contributed by atoms with Crippen molar-refractivity contribution in [1.29, 1.82) is 0 Å². The van der Waals surface area contributed by atoms with E-state index in [0.29, 0.717) is 46.2 Å². The number of hydrogen-bond donors (Lipinski definition) is 1. The summed E-state index contributed by atoms with van der Waals surface area (Å²) in [6, 6.07) is 13.1. The number of rotatable bonds is 6. The van der Waals surface area contributed by atoms with Crippen LogP contribution in [0.2, 0.25) is 5.02 Å². The molecule has 0 saturated heterocycles. The molecule has 0 spiro atoms. The first-order valence-corrected chi connectivity index (χ1v) is 11.6. The number of carbonyl (C=O) groups is 2. The average molecular weight is 482 g/mol. The van der Waals surface area contributed by atoms with Gasteiger partial charge >= 0.3 is 5.97 Å². The Morgan fingerprint density at radius 2 is 1.71 bits per heavy atom. The van der Waals surface area contributed by atoms with Crippen LogP contribution in [0.4, 0.5) is 0 Å². The molecule has 0 aromatic heterocycles. The van der Waals surface area contributed by atoms with Crippen LogP contribution in [0.1, 0.15) is 49.7 Å². The number of Topliss-reactive ketones (excluding diaryl/α,β-unsaturated/α-hetero) is 1. The second-order valence-corrected chi connectivity index (χ2v) is 8.84. The van der Waals surface area contributed by atoms with Crippen LogP contribution in [0.5, 0.6) is 11.5 Å². The zero-order valence-corrected chi connectivity index (χ0v) is 20.5. The van der Waals surface area contributed by atoms with Crippen molar-refractivity contribution in [3.63, 3.8) is 0 Å². The molecule has 6 nitrogen and oxygen atoms in total. The summed E-state index contributed by atoms with van der Waals surface area (Å²) < 4.78 is 16.3. The molecule has 2 aromatic rings. The highest BCUT2D eigenvalue weighted by Gasteiger charge is 2.41. The van der Waals surface area contributed by atoms with E-state index < -0.39 is 11.9 Å². The summed E-state index contributed by atoms with van der Waals surface area (Å²) in [6.45, 7) is 3.86. The first-order chi connectivity index (χ1) is 16.4. The minimum absolute atomic E-state index is 0.00258. The molecule has 4 rings (SSSR count). The van der Waals surface area contributed by atoms with E-state index in [9.17, 15) is 9.59 Å². The monoisotopic (exact) mass is 481 g/mol. The van der Waals surface area contributed by atoms with Gasteiger partial charge in [0.15, 0.2) is 17.3 Å². The molecule has 0 unspecified atom stereocenters. The Balaban J connectivity index is 1.82. The number of hydrogen-bond acceptors (Lipinski definition) is 6. The summed E-state index contributed by atoms with van der Waals surface area (Å²) in [7, 11) is 3.13. The highest BCUT2D eigenvalue weighted by atomic mass is 35.5. The lowest BCUT2D eigenvalue weighted by Crippen LogP contribution is -2.36. The number of dihydropyridines is 1. The lowest BCUT2D eigenvalue weighted by Gasteiger charge is -2.36. The minimum atomic E-state index is -0.561. The van der Waals surface area contributed by atoms with Crippen LogP contribution in [0.25, 0.3) is 0 Å². The smallest absolute Gasteiger partial charge is 0.336 e. The standard InChI is InChI=1S/C27H28ClNO5/c1-5-34-27(31)24-15(2)29-20-12-18(16-6-9-19(28)10-7-16)13-21(30)26(20)25(24)17-8-11-22(32-3)23(14-17)33-4/h6-11,14,18,25,29H,5,12-13H2,1-4H3/t18-,25-/m1/s1. The molecule has 0 amide bonds. The maximum Gasteiger partial charge on any atom is 0.336 e. The summed E-state index contributed by atoms with van der Waals surface area (Å²) >= 11 is 6.06. The number of ether oxygens (including phenoxy) is 3. The van der Waals surface area contributed by atoms with Crippen LogP contribution in [-0.2, 0) is 14.3 Å². The Kier molecular flexibility index (Phi) is 6.98. The van der Waals surface area contributed by atoms with Gasteiger partial charge in [-0.1, -0.05) is 29.8 Å². The van der Waals surface area contributed by atoms with Crippen LogP contribution in [0, 0.1) is 0 Å². The van der Waals surface area contributed by atoms with Gasteiger partial charge in [0.25, 0.3) is 0 Å². The lowest BCUT2D eigenvalue weighted by molar-refractivity contribution is -0.138. The molecule has 0 fully saturated rings.